The maximum Gasteiger partial charge on any atom is 0.366 e. The van der Waals surface area contributed by atoms with Crippen LogP contribution >= 0.6 is 0 Å². The van der Waals surface area contributed by atoms with E-state index in [4.69, 9.17) is 28.4 Å². The van der Waals surface area contributed by atoms with E-state index in [0.717, 1.165) is 27.9 Å². The Bertz CT molecular complexity index is 724. The molecule has 1 aliphatic heterocycles. The second kappa shape index (κ2) is 11.8. The zero-order valence-corrected chi connectivity index (χ0v) is 19.3. The van der Waals surface area contributed by atoms with Crippen molar-refractivity contribution in [2.75, 3.05) is 20.8 Å². The van der Waals surface area contributed by atoms with E-state index in [1.165, 1.54) is 14.0 Å². The summed E-state index contributed by atoms with van der Waals surface area (Å²) in [5.41, 5.74) is 0. The van der Waals surface area contributed by atoms with Gasteiger partial charge in [-0.05, 0) is 5.92 Å². The van der Waals surface area contributed by atoms with Crippen molar-refractivity contribution in [3.8, 4) is 0 Å². The highest BCUT2D eigenvalue weighted by Crippen LogP contribution is 2.37. The molecule has 1 amide bonds. The van der Waals surface area contributed by atoms with Gasteiger partial charge < -0.3 is 33.7 Å². The average molecular weight is 461 g/mol. The fourth-order valence-corrected chi connectivity index (χ4v) is 3.60. The van der Waals surface area contributed by atoms with Crippen molar-refractivity contribution >= 4 is 29.8 Å². The van der Waals surface area contributed by atoms with Crippen molar-refractivity contribution in [3.63, 3.8) is 0 Å². The van der Waals surface area contributed by atoms with Gasteiger partial charge in [0.25, 0.3) is 5.79 Å². The van der Waals surface area contributed by atoms with E-state index in [2.05, 4.69) is 5.32 Å². The van der Waals surface area contributed by atoms with E-state index in [0.29, 0.717) is 0 Å². The summed E-state index contributed by atoms with van der Waals surface area (Å²) in [6.07, 6.45) is -3.92. The van der Waals surface area contributed by atoms with Gasteiger partial charge in [-0.25, -0.2) is 4.79 Å². The third-order valence-electron chi connectivity index (χ3n) is 4.84. The number of methoxy groups -OCH3 is 2. The summed E-state index contributed by atoms with van der Waals surface area (Å²) >= 11 is 0. The van der Waals surface area contributed by atoms with E-state index in [1.54, 1.807) is 6.92 Å². The quantitative estimate of drug-likeness (QED) is 0.360. The van der Waals surface area contributed by atoms with Crippen molar-refractivity contribution in [2.24, 2.45) is 5.92 Å². The van der Waals surface area contributed by atoms with Gasteiger partial charge in [0.1, 0.15) is 12.7 Å². The van der Waals surface area contributed by atoms with Crippen LogP contribution in [0, 0.1) is 5.92 Å². The summed E-state index contributed by atoms with van der Waals surface area (Å²) < 4.78 is 31.8. The predicted molar refractivity (Wildman–Crippen MR) is 106 cm³/mol. The molecule has 1 heterocycles. The summed E-state index contributed by atoms with van der Waals surface area (Å²) in [7, 11) is 2.39. The van der Waals surface area contributed by atoms with Gasteiger partial charge >= 0.3 is 23.9 Å². The maximum atomic E-state index is 12.5. The number of ether oxygens (including phenoxy) is 6. The lowest BCUT2D eigenvalue weighted by molar-refractivity contribution is -0.300. The number of carbonyl (C=O) groups is 5. The summed E-state index contributed by atoms with van der Waals surface area (Å²) in [6, 6.07) is -0.792. The van der Waals surface area contributed by atoms with Crippen LogP contribution in [0.1, 0.15) is 41.0 Å². The van der Waals surface area contributed by atoms with Gasteiger partial charge in [-0.1, -0.05) is 6.92 Å². The van der Waals surface area contributed by atoms with Crippen molar-refractivity contribution < 1.29 is 52.4 Å². The van der Waals surface area contributed by atoms with Crippen LogP contribution in [0.15, 0.2) is 0 Å². The van der Waals surface area contributed by atoms with Crippen LogP contribution in [0.25, 0.3) is 0 Å². The number of carbonyl (C=O) groups excluding carboxylic acids is 5. The summed E-state index contributed by atoms with van der Waals surface area (Å²) in [6.45, 7) is 5.93. The Kier molecular flexibility index (Phi) is 10.0. The number of nitrogens with one attached hydrogen (secondary N) is 1. The van der Waals surface area contributed by atoms with Crippen LogP contribution < -0.4 is 5.32 Å². The van der Waals surface area contributed by atoms with Crippen LogP contribution in [0.5, 0.6) is 0 Å². The van der Waals surface area contributed by atoms with Crippen molar-refractivity contribution in [2.45, 2.75) is 71.2 Å². The molecule has 0 radical (unpaired) electrons. The molecule has 0 unspecified atom stereocenters. The lowest BCUT2D eigenvalue weighted by Crippen LogP contribution is -2.66. The van der Waals surface area contributed by atoms with Crippen molar-refractivity contribution in [1.82, 2.24) is 5.32 Å². The third kappa shape index (κ3) is 7.16. The Labute approximate surface area is 186 Å². The van der Waals surface area contributed by atoms with Crippen LogP contribution in [0.2, 0.25) is 0 Å². The average Bonchev–Trinajstić information content (AvgIpc) is 2.69. The molecular formula is C20H31NO11. The predicted octanol–water partition coefficient (Wildman–Crippen LogP) is -0.142. The Balaban J connectivity index is 3.54. The Morgan fingerprint density at radius 1 is 1.00 bits per heavy atom. The Morgan fingerprint density at radius 3 is 2.03 bits per heavy atom. The molecular weight excluding hydrogens is 430 g/mol. The molecule has 0 bridgehead atoms. The largest absolute Gasteiger partial charge is 0.465 e. The highest BCUT2D eigenvalue weighted by Gasteiger charge is 2.56. The zero-order valence-electron chi connectivity index (χ0n) is 19.3. The first-order chi connectivity index (χ1) is 14.9. The number of hydrogen-bond acceptors (Lipinski definition) is 11. The summed E-state index contributed by atoms with van der Waals surface area (Å²) in [5.74, 6) is -5.76. The van der Waals surface area contributed by atoms with E-state index in [-0.39, 0.29) is 6.42 Å². The lowest BCUT2D eigenvalue weighted by Gasteiger charge is -2.48. The van der Waals surface area contributed by atoms with Gasteiger partial charge in [0.05, 0.1) is 13.2 Å². The molecule has 0 aromatic rings. The second-order valence-corrected chi connectivity index (χ2v) is 7.46. The Hall–Kier alpha value is -2.73. The minimum absolute atomic E-state index is 0.00654. The molecule has 1 N–H and O–H groups in total. The van der Waals surface area contributed by atoms with Gasteiger partial charge in [-0.3, -0.25) is 19.2 Å². The number of hydrogen-bond donors (Lipinski definition) is 1. The van der Waals surface area contributed by atoms with Crippen molar-refractivity contribution in [3.05, 3.63) is 0 Å². The highest BCUT2D eigenvalue weighted by atomic mass is 16.7. The molecule has 0 saturated carbocycles. The van der Waals surface area contributed by atoms with Gasteiger partial charge in [0.2, 0.25) is 5.91 Å². The van der Waals surface area contributed by atoms with E-state index in [9.17, 15) is 24.0 Å². The van der Waals surface area contributed by atoms with Crippen LogP contribution in [-0.4, -0.2) is 80.8 Å². The molecule has 6 atom stereocenters. The normalized spacial score (nSPS) is 26.8. The first-order valence-corrected chi connectivity index (χ1v) is 9.93. The van der Waals surface area contributed by atoms with Crippen LogP contribution in [0.3, 0.4) is 0 Å². The molecule has 12 heteroatoms. The standard InChI is InChI=1S/C20H31NO11/c1-10-8-20(28-7,19(26)27-6)32-18(16(10)21-11(2)22)17(31-14(5)25)15(30-13(4)24)9-29-12(3)23/h10,15-18H,8-9H2,1-7H3,(H,21,22)/t10-,15-,16-,17-,18-,20+/m1/s1. The third-order valence-corrected chi connectivity index (χ3v) is 4.84. The topological polar surface area (TPSA) is 153 Å². The zero-order chi connectivity index (χ0) is 24.6. The van der Waals surface area contributed by atoms with Gasteiger partial charge in [0.15, 0.2) is 12.2 Å². The number of rotatable bonds is 9. The number of esters is 4. The summed E-state index contributed by atoms with van der Waals surface area (Å²) in [5, 5.41) is 2.72. The molecule has 12 nitrogen and oxygen atoms in total. The first kappa shape index (κ1) is 27.3. The molecule has 0 aliphatic carbocycles. The van der Waals surface area contributed by atoms with Gasteiger partial charge in [0, 0.05) is 41.2 Å². The van der Waals surface area contributed by atoms with Gasteiger partial charge in [-0.2, -0.15) is 0 Å². The minimum atomic E-state index is -1.88. The molecule has 1 rings (SSSR count). The summed E-state index contributed by atoms with van der Waals surface area (Å²) in [4.78, 5) is 59.4. The second-order valence-electron chi connectivity index (χ2n) is 7.46. The molecule has 0 aromatic heterocycles. The van der Waals surface area contributed by atoms with Crippen LogP contribution in [0.4, 0.5) is 0 Å². The van der Waals surface area contributed by atoms with E-state index < -0.39 is 72.5 Å². The molecule has 0 spiro atoms. The van der Waals surface area contributed by atoms with Crippen molar-refractivity contribution in [1.29, 1.82) is 0 Å². The highest BCUT2D eigenvalue weighted by molar-refractivity contribution is 5.78. The molecule has 32 heavy (non-hydrogen) atoms. The fourth-order valence-electron chi connectivity index (χ4n) is 3.60. The SMILES string of the molecule is COC(=O)[C@]1(OC)C[C@@H](C)[C@@H](NC(C)=O)[C@H]([C@H](OC(C)=O)[C@@H](COC(C)=O)OC(C)=O)O1. The van der Waals surface area contributed by atoms with Crippen LogP contribution in [-0.2, 0) is 52.4 Å². The maximum absolute atomic E-state index is 12.5. The van der Waals surface area contributed by atoms with E-state index >= 15 is 0 Å². The smallest absolute Gasteiger partial charge is 0.366 e. The molecule has 0 aromatic carbocycles. The molecule has 1 fully saturated rings. The fraction of sp³-hybridized carbons (Fsp3) is 0.750. The first-order valence-electron chi connectivity index (χ1n) is 9.93. The van der Waals surface area contributed by atoms with E-state index in [1.807, 2.05) is 0 Å². The number of amides is 1. The monoisotopic (exact) mass is 461 g/mol. The molecule has 182 valence electrons. The van der Waals surface area contributed by atoms with Gasteiger partial charge in [-0.15, -0.1) is 0 Å². The molecule has 1 saturated heterocycles. The minimum Gasteiger partial charge on any atom is -0.465 e. The lowest BCUT2D eigenvalue weighted by atomic mass is 9.83. The Morgan fingerprint density at radius 2 is 1.59 bits per heavy atom. The molecule has 1 aliphatic rings.